The third-order valence-electron chi connectivity index (χ3n) is 6.52. The lowest BCUT2D eigenvalue weighted by molar-refractivity contribution is -0.144. The Balaban J connectivity index is 1.22. The standard InChI is InChI=1S/C27H33N3O2/c31-26-14-13-25(22-30(26)17-15-24-10-5-2-6-11-24)27(32)29-20-18-28(19-21-29)16-7-12-23-8-3-1-4-9-23/h1-12,25H,13-22H2/b12-7+/t25-/m0/s1. The second-order valence-corrected chi connectivity index (χ2v) is 8.75. The maximum Gasteiger partial charge on any atom is 0.227 e. The molecule has 5 nitrogen and oxygen atoms in total. The first kappa shape index (κ1) is 22.3. The highest BCUT2D eigenvalue weighted by molar-refractivity contribution is 5.84. The molecule has 5 heteroatoms. The average Bonchev–Trinajstić information content (AvgIpc) is 2.85. The zero-order chi connectivity index (χ0) is 22.2. The highest BCUT2D eigenvalue weighted by Crippen LogP contribution is 2.21. The number of piperazine rings is 1. The van der Waals surface area contributed by atoms with Gasteiger partial charge in [-0.1, -0.05) is 72.8 Å². The second-order valence-electron chi connectivity index (χ2n) is 8.75. The number of nitrogens with zero attached hydrogens (tertiary/aromatic N) is 3. The molecule has 0 N–H and O–H groups in total. The van der Waals surface area contributed by atoms with Crippen LogP contribution >= 0.6 is 0 Å². The summed E-state index contributed by atoms with van der Waals surface area (Å²) in [6.45, 7) is 5.49. The Morgan fingerprint density at radius 1 is 0.938 bits per heavy atom. The van der Waals surface area contributed by atoms with Crippen LogP contribution < -0.4 is 0 Å². The van der Waals surface area contributed by atoms with Crippen LogP contribution in [0.3, 0.4) is 0 Å². The highest BCUT2D eigenvalue weighted by atomic mass is 16.2. The molecule has 4 rings (SSSR count). The SMILES string of the molecule is O=C1CC[C@H](C(=O)N2CCN(C/C=C/c3ccccc3)CC2)CN1CCc1ccccc1. The Morgan fingerprint density at radius 3 is 2.34 bits per heavy atom. The van der Waals surface area contributed by atoms with Crippen molar-refractivity contribution in [2.24, 2.45) is 5.92 Å². The minimum absolute atomic E-state index is 0.0620. The van der Waals surface area contributed by atoms with Crippen LogP contribution in [-0.2, 0) is 16.0 Å². The van der Waals surface area contributed by atoms with E-state index in [4.69, 9.17) is 0 Å². The normalized spacial score (nSPS) is 20.1. The van der Waals surface area contributed by atoms with Crippen LogP contribution in [-0.4, -0.2) is 72.3 Å². The third-order valence-corrected chi connectivity index (χ3v) is 6.52. The van der Waals surface area contributed by atoms with Crippen LogP contribution in [0.4, 0.5) is 0 Å². The molecule has 1 atom stereocenters. The van der Waals surface area contributed by atoms with Gasteiger partial charge in [0.05, 0.1) is 5.92 Å². The number of hydrogen-bond acceptors (Lipinski definition) is 3. The van der Waals surface area contributed by atoms with Crippen molar-refractivity contribution in [3.63, 3.8) is 0 Å². The first-order valence-electron chi connectivity index (χ1n) is 11.7. The first-order valence-corrected chi connectivity index (χ1v) is 11.7. The average molecular weight is 432 g/mol. The predicted octanol–water partition coefficient (Wildman–Crippen LogP) is 3.33. The molecule has 2 amide bonds. The van der Waals surface area contributed by atoms with Crippen molar-refractivity contribution in [2.45, 2.75) is 19.3 Å². The molecule has 2 aromatic carbocycles. The summed E-state index contributed by atoms with van der Waals surface area (Å²) >= 11 is 0. The molecule has 2 fully saturated rings. The fraction of sp³-hybridized carbons (Fsp3) is 0.407. The summed E-state index contributed by atoms with van der Waals surface area (Å²) < 4.78 is 0. The summed E-state index contributed by atoms with van der Waals surface area (Å²) in [4.78, 5) is 31.8. The number of amides is 2. The van der Waals surface area contributed by atoms with Crippen molar-refractivity contribution in [2.75, 3.05) is 45.8 Å². The zero-order valence-electron chi connectivity index (χ0n) is 18.7. The van der Waals surface area contributed by atoms with Crippen LogP contribution in [0.2, 0.25) is 0 Å². The van der Waals surface area contributed by atoms with E-state index in [0.29, 0.717) is 25.9 Å². The summed E-state index contributed by atoms with van der Waals surface area (Å²) in [7, 11) is 0. The van der Waals surface area contributed by atoms with Gasteiger partial charge in [-0.05, 0) is 24.0 Å². The number of carbonyl (C=O) groups excluding carboxylic acids is 2. The topological polar surface area (TPSA) is 43.9 Å². The van der Waals surface area contributed by atoms with Crippen molar-refractivity contribution in [3.8, 4) is 0 Å². The maximum atomic E-state index is 13.1. The van der Waals surface area contributed by atoms with Gasteiger partial charge in [0.2, 0.25) is 11.8 Å². The Bertz CT molecular complexity index is 905. The van der Waals surface area contributed by atoms with Gasteiger partial charge in [-0.2, -0.15) is 0 Å². The lowest BCUT2D eigenvalue weighted by Gasteiger charge is -2.38. The molecule has 0 unspecified atom stereocenters. The van der Waals surface area contributed by atoms with Gasteiger partial charge in [-0.3, -0.25) is 14.5 Å². The predicted molar refractivity (Wildman–Crippen MR) is 128 cm³/mol. The largest absolute Gasteiger partial charge is 0.342 e. The fourth-order valence-corrected chi connectivity index (χ4v) is 4.55. The Morgan fingerprint density at radius 2 is 1.62 bits per heavy atom. The van der Waals surface area contributed by atoms with Gasteiger partial charge in [0.25, 0.3) is 0 Å². The molecule has 2 saturated heterocycles. The van der Waals surface area contributed by atoms with Crippen molar-refractivity contribution in [1.29, 1.82) is 0 Å². The van der Waals surface area contributed by atoms with Gasteiger partial charge in [0.1, 0.15) is 0 Å². The Labute approximate surface area is 191 Å². The molecule has 2 aliphatic rings. The van der Waals surface area contributed by atoms with Gasteiger partial charge in [0, 0.05) is 52.2 Å². The van der Waals surface area contributed by atoms with Crippen LogP contribution in [0.15, 0.2) is 66.7 Å². The fourth-order valence-electron chi connectivity index (χ4n) is 4.55. The molecule has 0 saturated carbocycles. The van der Waals surface area contributed by atoms with E-state index in [0.717, 1.165) is 39.1 Å². The molecule has 0 aliphatic carbocycles. The van der Waals surface area contributed by atoms with Crippen molar-refractivity contribution < 1.29 is 9.59 Å². The number of hydrogen-bond donors (Lipinski definition) is 0. The third kappa shape index (κ3) is 6.07. The van der Waals surface area contributed by atoms with E-state index < -0.39 is 0 Å². The van der Waals surface area contributed by atoms with E-state index in [2.05, 4.69) is 41.3 Å². The van der Waals surface area contributed by atoms with Gasteiger partial charge in [-0.15, -0.1) is 0 Å². The lowest BCUT2D eigenvalue weighted by atomic mass is 9.95. The summed E-state index contributed by atoms with van der Waals surface area (Å²) in [6.07, 6.45) is 6.35. The number of piperidine rings is 1. The molecule has 0 bridgehead atoms. The van der Waals surface area contributed by atoms with Gasteiger partial charge in [0.15, 0.2) is 0 Å². The lowest BCUT2D eigenvalue weighted by Crippen LogP contribution is -2.53. The van der Waals surface area contributed by atoms with Crippen molar-refractivity contribution >= 4 is 17.9 Å². The number of carbonyl (C=O) groups is 2. The second kappa shape index (κ2) is 11.1. The molecule has 0 spiro atoms. The minimum Gasteiger partial charge on any atom is -0.342 e. The number of benzene rings is 2. The molecule has 2 heterocycles. The van der Waals surface area contributed by atoms with E-state index in [1.54, 1.807) is 0 Å². The van der Waals surface area contributed by atoms with Crippen molar-refractivity contribution in [1.82, 2.24) is 14.7 Å². The Kier molecular flexibility index (Phi) is 7.73. The molecule has 0 aromatic heterocycles. The highest BCUT2D eigenvalue weighted by Gasteiger charge is 2.33. The maximum absolute atomic E-state index is 13.1. The molecular formula is C27H33N3O2. The van der Waals surface area contributed by atoms with Gasteiger partial charge >= 0.3 is 0 Å². The minimum atomic E-state index is -0.0620. The van der Waals surface area contributed by atoms with Crippen LogP contribution in [0.25, 0.3) is 6.08 Å². The van der Waals surface area contributed by atoms with Gasteiger partial charge < -0.3 is 9.80 Å². The summed E-state index contributed by atoms with van der Waals surface area (Å²) in [5.41, 5.74) is 2.44. The monoisotopic (exact) mass is 431 g/mol. The molecular weight excluding hydrogens is 398 g/mol. The molecule has 0 radical (unpaired) electrons. The smallest absolute Gasteiger partial charge is 0.227 e. The summed E-state index contributed by atoms with van der Waals surface area (Å²) in [5.74, 6) is 0.342. The number of likely N-dealkylation sites (tertiary alicyclic amines) is 1. The van der Waals surface area contributed by atoms with E-state index in [9.17, 15) is 9.59 Å². The summed E-state index contributed by atoms with van der Waals surface area (Å²) in [5, 5.41) is 0. The van der Waals surface area contributed by atoms with E-state index in [-0.39, 0.29) is 17.7 Å². The van der Waals surface area contributed by atoms with Crippen LogP contribution in [0, 0.1) is 5.92 Å². The first-order chi connectivity index (χ1) is 15.7. The molecule has 32 heavy (non-hydrogen) atoms. The summed E-state index contributed by atoms with van der Waals surface area (Å²) in [6, 6.07) is 20.6. The van der Waals surface area contributed by atoms with Gasteiger partial charge in [-0.25, -0.2) is 0 Å². The number of rotatable bonds is 7. The Hall–Kier alpha value is -2.92. The van der Waals surface area contributed by atoms with Crippen LogP contribution in [0.5, 0.6) is 0 Å². The van der Waals surface area contributed by atoms with E-state index in [1.165, 1.54) is 11.1 Å². The van der Waals surface area contributed by atoms with Crippen molar-refractivity contribution in [3.05, 3.63) is 77.9 Å². The van der Waals surface area contributed by atoms with Crippen LogP contribution in [0.1, 0.15) is 24.0 Å². The molecule has 2 aliphatic heterocycles. The quantitative estimate of drug-likeness (QED) is 0.676. The molecule has 2 aromatic rings. The zero-order valence-corrected chi connectivity index (χ0v) is 18.7. The van der Waals surface area contributed by atoms with E-state index >= 15 is 0 Å². The molecule has 168 valence electrons. The van der Waals surface area contributed by atoms with E-state index in [1.807, 2.05) is 46.2 Å².